The van der Waals surface area contributed by atoms with Gasteiger partial charge in [0, 0.05) is 31.8 Å². The lowest BCUT2D eigenvalue weighted by atomic mass is 10.2. The molecule has 1 amide bonds. The number of aromatic nitrogens is 1. The fraction of sp³-hybridized carbons (Fsp3) is 0.333. The third-order valence-corrected chi connectivity index (χ3v) is 8.08. The highest BCUT2D eigenvalue weighted by Crippen LogP contribution is 2.32. The fourth-order valence-corrected chi connectivity index (χ4v) is 5.75. The smallest absolute Gasteiger partial charge is 0.279 e. The molecule has 166 valence electrons. The van der Waals surface area contributed by atoms with Gasteiger partial charge in [0.25, 0.3) is 5.91 Å². The van der Waals surface area contributed by atoms with E-state index < -0.39 is 15.9 Å². The summed E-state index contributed by atoms with van der Waals surface area (Å²) in [6, 6.07) is 9.48. The van der Waals surface area contributed by atoms with Crippen LogP contribution < -0.4 is 14.3 Å². The summed E-state index contributed by atoms with van der Waals surface area (Å²) in [4.78, 5) is 17.6. The number of benzene rings is 2. The van der Waals surface area contributed by atoms with E-state index in [0.717, 1.165) is 10.2 Å². The molecule has 8 nitrogen and oxygen atoms in total. The minimum Gasteiger partial charge on any atom is -0.497 e. The van der Waals surface area contributed by atoms with Crippen molar-refractivity contribution in [2.45, 2.75) is 18.7 Å². The molecule has 0 bridgehead atoms. The van der Waals surface area contributed by atoms with E-state index in [2.05, 4.69) is 4.99 Å². The second-order valence-corrected chi connectivity index (χ2v) is 9.60. The van der Waals surface area contributed by atoms with Gasteiger partial charge in [-0.2, -0.15) is 9.30 Å². The molecule has 31 heavy (non-hydrogen) atoms. The minimum atomic E-state index is -3.58. The Kier molecular flexibility index (Phi) is 6.83. The molecule has 0 fully saturated rings. The van der Waals surface area contributed by atoms with Crippen LogP contribution in [-0.2, 0) is 17.1 Å². The maximum Gasteiger partial charge on any atom is 0.279 e. The van der Waals surface area contributed by atoms with Crippen molar-refractivity contribution in [3.05, 3.63) is 46.8 Å². The number of fused-ring (bicyclic) bond motifs is 1. The third-order valence-electron chi connectivity index (χ3n) is 4.93. The van der Waals surface area contributed by atoms with E-state index in [-0.39, 0.29) is 4.90 Å². The molecule has 0 atom stereocenters. The zero-order valence-electron chi connectivity index (χ0n) is 18.1. The molecule has 0 aliphatic rings. The van der Waals surface area contributed by atoms with Gasteiger partial charge < -0.3 is 14.0 Å². The number of hydrogen-bond donors (Lipinski definition) is 0. The molecule has 0 unspecified atom stereocenters. The number of carbonyl (C=O) groups is 1. The zero-order chi connectivity index (χ0) is 22.8. The first-order valence-corrected chi connectivity index (χ1v) is 11.9. The molecule has 0 saturated carbocycles. The van der Waals surface area contributed by atoms with E-state index in [9.17, 15) is 13.2 Å². The average Bonchev–Trinajstić information content (AvgIpc) is 3.08. The van der Waals surface area contributed by atoms with Crippen molar-refractivity contribution in [2.24, 2.45) is 12.0 Å². The highest BCUT2D eigenvalue weighted by molar-refractivity contribution is 7.89. The van der Waals surface area contributed by atoms with Crippen molar-refractivity contribution >= 4 is 37.5 Å². The van der Waals surface area contributed by atoms with Gasteiger partial charge in [-0.3, -0.25) is 4.79 Å². The Balaban J connectivity index is 1.99. The van der Waals surface area contributed by atoms with E-state index in [4.69, 9.17) is 9.47 Å². The number of aryl methyl sites for hydroxylation is 1. The van der Waals surface area contributed by atoms with Crippen molar-refractivity contribution in [1.29, 1.82) is 0 Å². The molecule has 0 aliphatic carbocycles. The van der Waals surface area contributed by atoms with Crippen molar-refractivity contribution in [1.82, 2.24) is 8.87 Å². The topological polar surface area (TPSA) is 90.2 Å². The summed E-state index contributed by atoms with van der Waals surface area (Å²) in [6.07, 6.45) is 0. The molecule has 0 saturated heterocycles. The van der Waals surface area contributed by atoms with Crippen LogP contribution in [0.1, 0.15) is 24.2 Å². The van der Waals surface area contributed by atoms with Gasteiger partial charge in [-0.25, -0.2) is 8.42 Å². The molecule has 0 N–H and O–H groups in total. The number of amides is 1. The molecular weight excluding hydrogens is 438 g/mol. The highest BCUT2D eigenvalue weighted by atomic mass is 32.2. The summed E-state index contributed by atoms with van der Waals surface area (Å²) in [5, 5.41) is 0. The number of hydrogen-bond acceptors (Lipinski definition) is 6. The number of rotatable bonds is 7. The number of sulfonamides is 1. The van der Waals surface area contributed by atoms with Crippen LogP contribution in [0.25, 0.3) is 10.2 Å². The van der Waals surface area contributed by atoms with Crippen molar-refractivity contribution < 1.29 is 22.7 Å². The van der Waals surface area contributed by atoms with Gasteiger partial charge in [-0.15, -0.1) is 0 Å². The third kappa shape index (κ3) is 4.36. The number of carbonyl (C=O) groups excluding carboxylic acids is 1. The average molecular weight is 464 g/mol. The molecule has 3 rings (SSSR count). The zero-order valence-corrected chi connectivity index (χ0v) is 19.7. The molecule has 1 aromatic heterocycles. The van der Waals surface area contributed by atoms with Gasteiger partial charge in [-0.1, -0.05) is 25.2 Å². The van der Waals surface area contributed by atoms with E-state index in [1.807, 2.05) is 6.07 Å². The van der Waals surface area contributed by atoms with Crippen molar-refractivity contribution in [2.75, 3.05) is 27.3 Å². The Hall–Kier alpha value is -2.69. The second kappa shape index (κ2) is 9.21. The first kappa shape index (κ1) is 23.0. The molecule has 1 heterocycles. The fourth-order valence-electron chi connectivity index (χ4n) is 3.23. The van der Waals surface area contributed by atoms with Crippen LogP contribution in [0.15, 0.2) is 46.3 Å². The van der Waals surface area contributed by atoms with Crippen LogP contribution in [0, 0.1) is 0 Å². The monoisotopic (exact) mass is 463 g/mol. The summed E-state index contributed by atoms with van der Waals surface area (Å²) in [7, 11) is 1.38. The van der Waals surface area contributed by atoms with Gasteiger partial charge in [0.1, 0.15) is 17.0 Å². The van der Waals surface area contributed by atoms with Crippen molar-refractivity contribution in [3.63, 3.8) is 0 Å². The van der Waals surface area contributed by atoms with E-state index in [1.54, 1.807) is 45.7 Å². The molecule has 0 aliphatic heterocycles. The van der Waals surface area contributed by atoms with Crippen LogP contribution in [0.5, 0.6) is 11.5 Å². The second-order valence-electron chi connectivity index (χ2n) is 6.65. The number of nitrogens with zero attached hydrogens (tertiary/aromatic N) is 3. The van der Waals surface area contributed by atoms with Gasteiger partial charge in [0.15, 0.2) is 4.80 Å². The molecule has 2 aromatic carbocycles. The summed E-state index contributed by atoms with van der Waals surface area (Å²) in [5.74, 6) is 0.807. The van der Waals surface area contributed by atoms with E-state index >= 15 is 0 Å². The summed E-state index contributed by atoms with van der Waals surface area (Å²) in [6.45, 7) is 4.33. The standard InChI is InChI=1S/C21H25N3O5S2/c1-6-24(7-2)31(26,27)16-10-8-14(9-11-16)20(25)22-21-23(3)19-17(29-5)12-15(28-4)13-18(19)30-21/h8-13H,6-7H2,1-5H3. The Labute approximate surface area is 185 Å². The van der Waals surface area contributed by atoms with Crippen LogP contribution in [0.4, 0.5) is 0 Å². The molecule has 10 heteroatoms. The summed E-state index contributed by atoms with van der Waals surface area (Å²) < 4.78 is 40.0. The van der Waals surface area contributed by atoms with Crippen LogP contribution in [-0.4, -0.2) is 50.5 Å². The van der Waals surface area contributed by atoms with Gasteiger partial charge >= 0.3 is 0 Å². The maximum absolute atomic E-state index is 12.7. The van der Waals surface area contributed by atoms with Crippen molar-refractivity contribution in [3.8, 4) is 11.5 Å². The van der Waals surface area contributed by atoms with Crippen LogP contribution in [0.3, 0.4) is 0 Å². The Bertz CT molecular complexity index is 1270. The first-order chi connectivity index (χ1) is 14.8. The summed E-state index contributed by atoms with van der Waals surface area (Å²) in [5.41, 5.74) is 1.11. The van der Waals surface area contributed by atoms with Crippen LogP contribution >= 0.6 is 11.3 Å². The van der Waals surface area contributed by atoms with E-state index in [0.29, 0.717) is 35.0 Å². The predicted octanol–water partition coefficient (Wildman–Crippen LogP) is 3.03. The normalized spacial score (nSPS) is 12.5. The van der Waals surface area contributed by atoms with Gasteiger partial charge in [0.05, 0.1) is 23.8 Å². The highest BCUT2D eigenvalue weighted by Gasteiger charge is 2.21. The predicted molar refractivity (Wildman–Crippen MR) is 120 cm³/mol. The summed E-state index contributed by atoms with van der Waals surface area (Å²) >= 11 is 1.34. The molecule has 0 radical (unpaired) electrons. The Morgan fingerprint density at radius 1 is 1.10 bits per heavy atom. The van der Waals surface area contributed by atoms with Crippen LogP contribution in [0.2, 0.25) is 0 Å². The Morgan fingerprint density at radius 3 is 2.29 bits per heavy atom. The lowest BCUT2D eigenvalue weighted by molar-refractivity contribution is 0.0998. The molecule has 3 aromatic rings. The first-order valence-electron chi connectivity index (χ1n) is 9.67. The lowest BCUT2D eigenvalue weighted by Gasteiger charge is -2.18. The maximum atomic E-state index is 12.7. The largest absolute Gasteiger partial charge is 0.497 e. The van der Waals surface area contributed by atoms with Gasteiger partial charge in [0.2, 0.25) is 10.0 Å². The number of thiazole rings is 1. The van der Waals surface area contributed by atoms with Gasteiger partial charge in [-0.05, 0) is 30.3 Å². The Morgan fingerprint density at radius 2 is 1.74 bits per heavy atom. The molecular formula is C21H25N3O5S2. The quantitative estimate of drug-likeness (QED) is 0.537. The minimum absolute atomic E-state index is 0.150. The number of ether oxygens (including phenoxy) is 2. The SMILES string of the molecule is CCN(CC)S(=O)(=O)c1ccc(C(=O)N=c2sc3cc(OC)cc(OC)c3n2C)cc1. The molecule has 0 spiro atoms. The van der Waals surface area contributed by atoms with E-state index in [1.165, 1.54) is 39.9 Å². The lowest BCUT2D eigenvalue weighted by Crippen LogP contribution is -2.30. The number of methoxy groups -OCH3 is 2.